The molecule has 2 atom stereocenters. The van der Waals surface area contributed by atoms with Crippen molar-refractivity contribution < 1.29 is 0 Å². The summed E-state index contributed by atoms with van der Waals surface area (Å²) < 4.78 is 0.600. The largest absolute Gasteiger partial charge is 0.0895 e. The van der Waals surface area contributed by atoms with Gasteiger partial charge in [0.2, 0.25) is 0 Å². The number of azide groups is 1. The van der Waals surface area contributed by atoms with E-state index in [4.69, 9.17) is 5.53 Å². The lowest BCUT2D eigenvalue weighted by Gasteiger charge is -2.27. The minimum atomic E-state index is 0.292. The molecule has 0 aliphatic heterocycles. The first kappa shape index (κ1) is 6.16. The highest BCUT2D eigenvalue weighted by molar-refractivity contribution is 14.1. The number of alkyl halides is 1. The van der Waals surface area contributed by atoms with Crippen LogP contribution in [0, 0.1) is 0 Å². The van der Waals surface area contributed by atoms with Gasteiger partial charge in [0.25, 0.3) is 0 Å². The Hall–Kier alpha value is 0.0400. The van der Waals surface area contributed by atoms with Crippen molar-refractivity contribution in [3.63, 3.8) is 0 Å². The van der Waals surface area contributed by atoms with Gasteiger partial charge in [0.1, 0.15) is 0 Å². The van der Waals surface area contributed by atoms with Crippen LogP contribution in [0.4, 0.5) is 0 Å². The molecule has 1 saturated carbocycles. The number of rotatable bonds is 1. The van der Waals surface area contributed by atoms with Gasteiger partial charge in [0, 0.05) is 14.9 Å². The van der Waals surface area contributed by atoms with E-state index in [9.17, 15) is 0 Å². The second-order valence-corrected chi connectivity index (χ2v) is 3.47. The highest BCUT2D eigenvalue weighted by Crippen LogP contribution is 2.30. The van der Waals surface area contributed by atoms with Gasteiger partial charge < -0.3 is 0 Å². The topological polar surface area (TPSA) is 48.8 Å². The third kappa shape index (κ3) is 1.06. The smallest absolute Gasteiger partial charge is 0.0492 e. The van der Waals surface area contributed by atoms with E-state index in [1.165, 1.54) is 6.42 Å². The van der Waals surface area contributed by atoms with Crippen LogP contribution in [0.2, 0.25) is 0 Å². The molecule has 44 valence electrons. The van der Waals surface area contributed by atoms with Gasteiger partial charge in [-0.25, -0.2) is 0 Å². The molecule has 3 nitrogen and oxygen atoms in total. The van der Waals surface area contributed by atoms with E-state index < -0.39 is 0 Å². The van der Waals surface area contributed by atoms with Crippen molar-refractivity contribution in [2.75, 3.05) is 0 Å². The molecule has 8 heavy (non-hydrogen) atoms. The molecule has 0 radical (unpaired) electrons. The van der Waals surface area contributed by atoms with Crippen LogP contribution in [0.1, 0.15) is 12.8 Å². The summed E-state index contributed by atoms with van der Waals surface area (Å²) in [5.74, 6) is 0. The normalized spacial score (nSPS) is 35.1. The van der Waals surface area contributed by atoms with E-state index in [0.29, 0.717) is 9.97 Å². The molecule has 4 heteroatoms. The molecule has 1 aliphatic rings. The van der Waals surface area contributed by atoms with Gasteiger partial charge >= 0.3 is 0 Å². The monoisotopic (exact) mass is 223 g/mol. The average molecular weight is 223 g/mol. The second-order valence-electron chi connectivity index (χ2n) is 1.87. The van der Waals surface area contributed by atoms with E-state index in [2.05, 4.69) is 32.6 Å². The van der Waals surface area contributed by atoms with Crippen LogP contribution in [0.15, 0.2) is 5.11 Å². The summed E-state index contributed by atoms with van der Waals surface area (Å²) in [6, 6.07) is 0.292. The zero-order chi connectivity index (χ0) is 5.98. The molecule has 0 aromatic heterocycles. The molecule has 0 unspecified atom stereocenters. The van der Waals surface area contributed by atoms with Crippen LogP contribution in [0.5, 0.6) is 0 Å². The third-order valence-electron chi connectivity index (χ3n) is 1.36. The summed E-state index contributed by atoms with van der Waals surface area (Å²) in [6.07, 6.45) is 2.29. The molecule has 0 amide bonds. The molecule has 1 aliphatic carbocycles. The van der Waals surface area contributed by atoms with Crippen LogP contribution >= 0.6 is 22.6 Å². The molecule has 0 N–H and O–H groups in total. The summed E-state index contributed by atoms with van der Waals surface area (Å²) in [4.78, 5) is 2.73. The average Bonchev–Trinajstić information content (AvgIpc) is 1.79. The first-order valence-electron chi connectivity index (χ1n) is 2.53. The van der Waals surface area contributed by atoms with E-state index in [1.54, 1.807) is 0 Å². The van der Waals surface area contributed by atoms with Gasteiger partial charge in [-0.05, 0) is 18.4 Å². The van der Waals surface area contributed by atoms with Crippen LogP contribution < -0.4 is 0 Å². The summed E-state index contributed by atoms with van der Waals surface area (Å²) >= 11 is 2.31. The van der Waals surface area contributed by atoms with Gasteiger partial charge in [0.15, 0.2) is 0 Å². The van der Waals surface area contributed by atoms with E-state index >= 15 is 0 Å². The second kappa shape index (κ2) is 2.55. The van der Waals surface area contributed by atoms with Crippen LogP contribution in [0.25, 0.3) is 10.4 Å². The molecular formula is C4H6IN3. The lowest BCUT2D eigenvalue weighted by atomic mass is 9.94. The van der Waals surface area contributed by atoms with Crippen molar-refractivity contribution in [1.29, 1.82) is 0 Å². The highest BCUT2D eigenvalue weighted by atomic mass is 127. The van der Waals surface area contributed by atoms with Gasteiger partial charge in [-0.2, -0.15) is 0 Å². The van der Waals surface area contributed by atoms with Crippen molar-refractivity contribution in [3.05, 3.63) is 10.4 Å². The highest BCUT2D eigenvalue weighted by Gasteiger charge is 2.26. The predicted octanol–water partition coefficient (Wildman–Crippen LogP) is 2.26. The SMILES string of the molecule is [N-]=[N+]=N[C@@H]1CC[C@H]1I. The number of halogens is 1. The fraction of sp³-hybridized carbons (Fsp3) is 1.00. The lowest BCUT2D eigenvalue weighted by Crippen LogP contribution is -2.28. The Balaban J connectivity index is 2.37. The quantitative estimate of drug-likeness (QED) is 0.215. The minimum absolute atomic E-state index is 0.292. The Morgan fingerprint density at radius 1 is 1.62 bits per heavy atom. The summed E-state index contributed by atoms with van der Waals surface area (Å²) in [6.45, 7) is 0. The van der Waals surface area contributed by atoms with Crippen molar-refractivity contribution >= 4 is 22.6 Å². The zero-order valence-corrected chi connectivity index (χ0v) is 6.45. The van der Waals surface area contributed by atoms with Crippen LogP contribution in [-0.2, 0) is 0 Å². The van der Waals surface area contributed by atoms with Gasteiger partial charge in [0.05, 0.1) is 0 Å². The van der Waals surface area contributed by atoms with Crippen molar-refractivity contribution in [1.82, 2.24) is 0 Å². The Kier molecular flexibility index (Phi) is 1.96. The number of hydrogen-bond donors (Lipinski definition) is 0. The van der Waals surface area contributed by atoms with Crippen LogP contribution in [-0.4, -0.2) is 9.97 Å². The van der Waals surface area contributed by atoms with E-state index in [0.717, 1.165) is 6.42 Å². The molecular weight excluding hydrogens is 217 g/mol. The molecule has 0 aromatic rings. The molecule has 0 spiro atoms. The van der Waals surface area contributed by atoms with Gasteiger partial charge in [-0.3, -0.25) is 0 Å². The maximum Gasteiger partial charge on any atom is 0.0492 e. The molecule has 0 aromatic carbocycles. The summed E-state index contributed by atoms with van der Waals surface area (Å²) in [5, 5.41) is 3.58. The predicted molar refractivity (Wildman–Crippen MR) is 40.0 cm³/mol. The minimum Gasteiger partial charge on any atom is -0.0895 e. The maximum absolute atomic E-state index is 7.97. The molecule has 0 heterocycles. The first-order valence-corrected chi connectivity index (χ1v) is 3.77. The zero-order valence-electron chi connectivity index (χ0n) is 4.29. The molecule has 0 bridgehead atoms. The van der Waals surface area contributed by atoms with Crippen molar-refractivity contribution in [2.24, 2.45) is 5.11 Å². The number of nitrogens with zero attached hydrogens (tertiary/aromatic N) is 3. The summed E-state index contributed by atoms with van der Waals surface area (Å²) in [7, 11) is 0. The summed E-state index contributed by atoms with van der Waals surface area (Å²) in [5.41, 5.74) is 7.97. The Labute approximate surface area is 61.2 Å². The molecule has 0 saturated heterocycles. The van der Waals surface area contributed by atoms with Crippen molar-refractivity contribution in [3.8, 4) is 0 Å². The van der Waals surface area contributed by atoms with Gasteiger partial charge in [-0.15, -0.1) is 0 Å². The fourth-order valence-electron chi connectivity index (χ4n) is 0.638. The van der Waals surface area contributed by atoms with E-state index in [1.807, 2.05) is 0 Å². The lowest BCUT2D eigenvalue weighted by molar-refractivity contribution is 0.448. The fourth-order valence-corrected chi connectivity index (χ4v) is 1.50. The third-order valence-corrected chi connectivity index (χ3v) is 2.81. The Morgan fingerprint density at radius 3 is 2.50 bits per heavy atom. The van der Waals surface area contributed by atoms with E-state index in [-0.39, 0.29) is 0 Å². The number of hydrogen-bond acceptors (Lipinski definition) is 1. The molecule has 1 fully saturated rings. The Bertz CT molecular complexity index is 129. The molecule has 1 rings (SSSR count). The Morgan fingerprint density at radius 2 is 2.38 bits per heavy atom. The van der Waals surface area contributed by atoms with Crippen LogP contribution in [0.3, 0.4) is 0 Å². The van der Waals surface area contributed by atoms with Crippen molar-refractivity contribution in [2.45, 2.75) is 22.8 Å². The van der Waals surface area contributed by atoms with Gasteiger partial charge in [-0.1, -0.05) is 27.7 Å². The maximum atomic E-state index is 7.97. The first-order chi connectivity index (χ1) is 3.84. The standard InChI is InChI=1S/C4H6IN3/c5-3-1-2-4(3)7-8-6/h3-4H,1-2H2/t3-,4-/m1/s1.